The smallest absolute Gasteiger partial charge is 0.164 e. The quantitative estimate of drug-likeness (QED) is 0.185. The van der Waals surface area contributed by atoms with Crippen molar-refractivity contribution in [3.63, 3.8) is 0 Å². The van der Waals surface area contributed by atoms with Crippen LogP contribution in [0.1, 0.15) is 0 Å². The second-order valence-corrected chi connectivity index (χ2v) is 13.5. The van der Waals surface area contributed by atoms with E-state index in [9.17, 15) is 0 Å². The summed E-state index contributed by atoms with van der Waals surface area (Å²) in [6.45, 7) is 0. The number of aromatic nitrogens is 3. The standard InChI is InChI=1S/C45H27N3OS/c1-3-12-28(13-4-1)43-46-44(29-14-5-2-6-15-29)48-45(47-43)31-22-24-32(30-23-25-41-38(26-30)34-17-8-10-21-40(34)50-41)37(27-31)36-19-11-18-35-33-16-7-9-20-39(33)49-42(35)36/h1-27H. The van der Waals surface area contributed by atoms with Crippen molar-refractivity contribution in [2.45, 2.75) is 0 Å². The van der Waals surface area contributed by atoms with Crippen molar-refractivity contribution in [3.05, 3.63) is 164 Å². The predicted octanol–water partition coefficient (Wildman–Crippen LogP) is 12.5. The molecule has 3 heterocycles. The van der Waals surface area contributed by atoms with Crippen molar-refractivity contribution in [2.24, 2.45) is 0 Å². The number of hydrogen-bond donors (Lipinski definition) is 0. The topological polar surface area (TPSA) is 51.8 Å². The zero-order valence-electron chi connectivity index (χ0n) is 26.7. The minimum absolute atomic E-state index is 0.613. The first-order valence-corrected chi connectivity index (χ1v) is 17.4. The van der Waals surface area contributed by atoms with E-state index in [1.165, 1.54) is 20.2 Å². The fraction of sp³-hybridized carbons (Fsp3) is 0. The van der Waals surface area contributed by atoms with E-state index in [0.29, 0.717) is 17.5 Å². The fourth-order valence-electron chi connectivity index (χ4n) is 6.95. The van der Waals surface area contributed by atoms with Gasteiger partial charge in [-0.2, -0.15) is 0 Å². The average Bonchev–Trinajstić information content (AvgIpc) is 3.76. The third-order valence-corrected chi connectivity index (χ3v) is 10.5. The molecule has 0 atom stereocenters. The number of hydrogen-bond acceptors (Lipinski definition) is 5. The van der Waals surface area contributed by atoms with Crippen LogP contribution >= 0.6 is 11.3 Å². The molecule has 0 saturated heterocycles. The second-order valence-electron chi connectivity index (χ2n) is 12.4. The first kappa shape index (κ1) is 28.6. The molecule has 7 aromatic carbocycles. The van der Waals surface area contributed by atoms with E-state index < -0.39 is 0 Å². The highest BCUT2D eigenvalue weighted by molar-refractivity contribution is 7.25. The molecule has 0 radical (unpaired) electrons. The van der Waals surface area contributed by atoms with Crippen molar-refractivity contribution in [1.82, 2.24) is 15.0 Å². The lowest BCUT2D eigenvalue weighted by Gasteiger charge is -2.14. The van der Waals surface area contributed by atoms with E-state index in [4.69, 9.17) is 19.4 Å². The van der Waals surface area contributed by atoms with Crippen LogP contribution in [0.4, 0.5) is 0 Å². The summed E-state index contributed by atoms with van der Waals surface area (Å²) >= 11 is 1.83. The minimum atomic E-state index is 0.613. The first-order valence-electron chi connectivity index (χ1n) is 16.6. The van der Waals surface area contributed by atoms with Crippen molar-refractivity contribution in [3.8, 4) is 56.4 Å². The lowest BCUT2D eigenvalue weighted by Crippen LogP contribution is -2.00. The summed E-state index contributed by atoms with van der Waals surface area (Å²) in [5, 5.41) is 4.73. The predicted molar refractivity (Wildman–Crippen MR) is 207 cm³/mol. The summed E-state index contributed by atoms with van der Waals surface area (Å²) in [5.41, 5.74) is 8.83. The molecule has 234 valence electrons. The Morgan fingerprint density at radius 1 is 0.360 bits per heavy atom. The Morgan fingerprint density at radius 2 is 0.960 bits per heavy atom. The van der Waals surface area contributed by atoms with Gasteiger partial charge in [0, 0.05) is 53.2 Å². The van der Waals surface area contributed by atoms with Gasteiger partial charge in [0.15, 0.2) is 17.5 Å². The van der Waals surface area contributed by atoms with Crippen LogP contribution < -0.4 is 0 Å². The maximum absolute atomic E-state index is 6.60. The number of para-hydroxylation sites is 2. The van der Waals surface area contributed by atoms with Gasteiger partial charge >= 0.3 is 0 Å². The minimum Gasteiger partial charge on any atom is -0.455 e. The lowest BCUT2D eigenvalue weighted by atomic mass is 9.91. The Labute approximate surface area is 292 Å². The Bertz CT molecular complexity index is 2820. The molecule has 0 aliphatic heterocycles. The van der Waals surface area contributed by atoms with E-state index >= 15 is 0 Å². The van der Waals surface area contributed by atoms with Crippen molar-refractivity contribution in [1.29, 1.82) is 0 Å². The van der Waals surface area contributed by atoms with Gasteiger partial charge in [-0.15, -0.1) is 11.3 Å². The molecule has 0 N–H and O–H groups in total. The zero-order chi connectivity index (χ0) is 33.0. The van der Waals surface area contributed by atoms with Crippen molar-refractivity contribution < 1.29 is 4.42 Å². The summed E-state index contributed by atoms with van der Waals surface area (Å²) in [7, 11) is 0. The van der Waals surface area contributed by atoms with Crippen LogP contribution in [0.3, 0.4) is 0 Å². The molecular formula is C45H27N3OS. The molecule has 50 heavy (non-hydrogen) atoms. The molecule has 0 bridgehead atoms. The number of rotatable bonds is 5. The normalized spacial score (nSPS) is 11.6. The molecule has 0 amide bonds. The summed E-state index contributed by atoms with van der Waals surface area (Å²) < 4.78 is 9.17. The van der Waals surface area contributed by atoms with Crippen LogP contribution in [0.5, 0.6) is 0 Å². The molecule has 10 aromatic rings. The van der Waals surface area contributed by atoms with Gasteiger partial charge in [-0.25, -0.2) is 15.0 Å². The third kappa shape index (κ3) is 4.79. The molecule has 5 heteroatoms. The summed E-state index contributed by atoms with van der Waals surface area (Å²) in [6.07, 6.45) is 0. The molecule has 0 aliphatic carbocycles. The zero-order valence-corrected chi connectivity index (χ0v) is 27.6. The third-order valence-electron chi connectivity index (χ3n) is 9.36. The van der Waals surface area contributed by atoms with Crippen LogP contribution in [0.2, 0.25) is 0 Å². The Balaban J connectivity index is 1.23. The fourth-order valence-corrected chi connectivity index (χ4v) is 8.03. The second kappa shape index (κ2) is 11.6. The van der Waals surface area contributed by atoms with Gasteiger partial charge in [0.05, 0.1) is 0 Å². The molecule has 0 fully saturated rings. The summed E-state index contributed by atoms with van der Waals surface area (Å²) in [6, 6.07) is 56.9. The number of benzene rings is 7. The number of nitrogens with zero attached hydrogens (tertiary/aromatic N) is 3. The monoisotopic (exact) mass is 657 g/mol. The van der Waals surface area contributed by atoms with Crippen molar-refractivity contribution >= 4 is 53.4 Å². The summed E-state index contributed by atoms with van der Waals surface area (Å²) in [5.74, 6) is 1.88. The van der Waals surface area contributed by atoms with Crippen molar-refractivity contribution in [2.75, 3.05) is 0 Å². The highest BCUT2D eigenvalue weighted by atomic mass is 32.1. The highest BCUT2D eigenvalue weighted by Gasteiger charge is 2.19. The molecular weight excluding hydrogens is 631 g/mol. The molecule has 0 spiro atoms. The van der Waals surface area contributed by atoms with Crippen LogP contribution in [0.25, 0.3) is 98.5 Å². The van der Waals surface area contributed by atoms with Crippen LogP contribution in [0, 0.1) is 0 Å². The van der Waals surface area contributed by atoms with Crippen LogP contribution in [-0.2, 0) is 0 Å². The summed E-state index contributed by atoms with van der Waals surface area (Å²) in [4.78, 5) is 15.0. The SMILES string of the molecule is c1ccc(-c2nc(-c3ccccc3)nc(-c3ccc(-c4ccc5sc6ccccc6c5c4)c(-c4cccc5c4oc4ccccc45)c3)n2)cc1. The molecule has 4 nitrogen and oxygen atoms in total. The number of fused-ring (bicyclic) bond motifs is 6. The van der Waals surface area contributed by atoms with E-state index in [2.05, 4.69) is 91.0 Å². The number of thiophene rings is 1. The number of furan rings is 1. The molecule has 10 rings (SSSR count). The van der Waals surface area contributed by atoms with Gasteiger partial charge in [0.1, 0.15) is 11.2 Å². The highest BCUT2D eigenvalue weighted by Crippen LogP contribution is 2.43. The van der Waals surface area contributed by atoms with Gasteiger partial charge in [0.2, 0.25) is 0 Å². The van der Waals surface area contributed by atoms with E-state index in [-0.39, 0.29) is 0 Å². The maximum atomic E-state index is 6.60. The molecule has 0 aliphatic rings. The van der Waals surface area contributed by atoms with Gasteiger partial charge in [-0.05, 0) is 47.0 Å². The van der Waals surface area contributed by atoms with Gasteiger partial charge < -0.3 is 4.42 Å². The van der Waals surface area contributed by atoms with E-state index in [1.807, 2.05) is 84.1 Å². The lowest BCUT2D eigenvalue weighted by molar-refractivity contribution is 0.670. The Kier molecular flexibility index (Phi) is 6.64. The Morgan fingerprint density at radius 3 is 1.72 bits per heavy atom. The van der Waals surface area contributed by atoms with Gasteiger partial charge in [0.25, 0.3) is 0 Å². The van der Waals surface area contributed by atoms with E-state index in [1.54, 1.807) is 0 Å². The van der Waals surface area contributed by atoms with Gasteiger partial charge in [-0.1, -0.05) is 133 Å². The Hall–Kier alpha value is -6.43. The van der Waals surface area contributed by atoms with Gasteiger partial charge in [-0.3, -0.25) is 0 Å². The molecule has 3 aromatic heterocycles. The van der Waals surface area contributed by atoms with Crippen LogP contribution in [-0.4, -0.2) is 15.0 Å². The first-order chi connectivity index (χ1) is 24.8. The molecule has 0 unspecified atom stereocenters. The molecule has 0 saturated carbocycles. The van der Waals surface area contributed by atoms with E-state index in [0.717, 1.165) is 60.9 Å². The average molecular weight is 658 g/mol. The largest absolute Gasteiger partial charge is 0.455 e. The maximum Gasteiger partial charge on any atom is 0.164 e. The van der Waals surface area contributed by atoms with Crippen LogP contribution in [0.15, 0.2) is 168 Å².